The number of urea groups is 1. The highest BCUT2D eigenvalue weighted by Crippen LogP contribution is 2.31. The number of aliphatic hydroxyl groups is 1. The van der Waals surface area contributed by atoms with E-state index in [0.29, 0.717) is 73.4 Å². The first-order chi connectivity index (χ1) is 23.2. The molecule has 0 bridgehead atoms. The van der Waals surface area contributed by atoms with Gasteiger partial charge in [-0.05, 0) is 105 Å². The van der Waals surface area contributed by atoms with Crippen molar-refractivity contribution in [3.63, 3.8) is 0 Å². The van der Waals surface area contributed by atoms with Gasteiger partial charge in [-0.25, -0.2) is 19.5 Å². The van der Waals surface area contributed by atoms with Gasteiger partial charge in [-0.2, -0.15) is 0 Å². The van der Waals surface area contributed by atoms with Crippen LogP contribution in [0.25, 0.3) is 0 Å². The molecule has 2 aliphatic rings. The third kappa shape index (κ3) is 11.6. The number of halogens is 1. The molecule has 48 heavy (non-hydrogen) atoms. The highest BCUT2D eigenvalue weighted by molar-refractivity contribution is 5.93. The third-order valence-electron chi connectivity index (χ3n) is 8.89. The summed E-state index contributed by atoms with van der Waals surface area (Å²) in [5, 5.41) is 14.1. The van der Waals surface area contributed by atoms with E-state index in [1.807, 2.05) is 6.92 Å². The van der Waals surface area contributed by atoms with Crippen molar-refractivity contribution < 1.29 is 38.1 Å². The first-order valence-electron chi connectivity index (χ1n) is 17.1. The largest absolute Gasteiger partial charge is 0.489 e. The van der Waals surface area contributed by atoms with Crippen molar-refractivity contribution >= 4 is 11.9 Å². The Balaban J connectivity index is 1.40. The van der Waals surface area contributed by atoms with Crippen LogP contribution < -0.4 is 20.3 Å². The Bertz CT molecular complexity index is 1360. The summed E-state index contributed by atoms with van der Waals surface area (Å²) in [6.45, 7) is 7.90. The zero-order chi connectivity index (χ0) is 34.4. The normalized spacial score (nSPS) is 18.4. The molecular weight excluding hydrogens is 617 g/mol. The number of hydroxylamine groups is 1. The third-order valence-corrected chi connectivity index (χ3v) is 8.89. The molecule has 3 N–H and O–H groups in total. The van der Waals surface area contributed by atoms with E-state index in [1.54, 1.807) is 41.3 Å². The Morgan fingerprint density at radius 2 is 1.73 bits per heavy atom. The van der Waals surface area contributed by atoms with Gasteiger partial charge in [-0.15, -0.1) is 0 Å². The van der Waals surface area contributed by atoms with E-state index in [-0.39, 0.29) is 18.5 Å². The fourth-order valence-corrected chi connectivity index (χ4v) is 5.73. The molecule has 0 spiro atoms. The second-order valence-electron chi connectivity index (χ2n) is 12.4. The van der Waals surface area contributed by atoms with Crippen molar-refractivity contribution in [1.29, 1.82) is 0 Å². The number of ether oxygens (including phenoxy) is 3. The molecule has 262 valence electrons. The van der Waals surface area contributed by atoms with E-state index >= 15 is 0 Å². The van der Waals surface area contributed by atoms with Crippen LogP contribution >= 0.6 is 0 Å². The maximum absolute atomic E-state index is 13.3. The van der Waals surface area contributed by atoms with Crippen LogP contribution in [0.2, 0.25) is 0 Å². The average Bonchev–Trinajstić information content (AvgIpc) is 3.11. The molecule has 10 nitrogen and oxygen atoms in total. The molecule has 2 fully saturated rings. The number of allylic oxidation sites excluding steroid dienone is 2. The Hall–Kier alpha value is -3.93. The first-order valence-corrected chi connectivity index (χ1v) is 17.1. The van der Waals surface area contributed by atoms with Crippen LogP contribution in [0.3, 0.4) is 0 Å². The zero-order valence-electron chi connectivity index (χ0n) is 28.3. The lowest BCUT2D eigenvalue weighted by Gasteiger charge is -2.40. The van der Waals surface area contributed by atoms with Crippen LogP contribution in [0, 0.1) is 11.7 Å². The predicted octanol–water partition coefficient (Wildman–Crippen LogP) is 7.01. The summed E-state index contributed by atoms with van der Waals surface area (Å²) < 4.78 is 30.8. The molecule has 2 aromatic rings. The summed E-state index contributed by atoms with van der Waals surface area (Å²) in [7, 11) is 0. The lowest BCUT2D eigenvalue weighted by atomic mass is 9.81. The summed E-state index contributed by atoms with van der Waals surface area (Å²) in [5.41, 5.74) is 2.72. The number of carbonyl (C=O) groups is 2. The van der Waals surface area contributed by atoms with Crippen LogP contribution in [-0.4, -0.2) is 60.1 Å². The Kier molecular flexibility index (Phi) is 14.3. The van der Waals surface area contributed by atoms with E-state index in [1.165, 1.54) is 24.3 Å². The van der Waals surface area contributed by atoms with Gasteiger partial charge in [0.05, 0.1) is 5.60 Å². The molecule has 0 radical (unpaired) electrons. The summed E-state index contributed by atoms with van der Waals surface area (Å²) >= 11 is 0. The van der Waals surface area contributed by atoms with Gasteiger partial charge >= 0.3 is 6.03 Å². The second kappa shape index (κ2) is 18.6. The Labute approximate surface area is 283 Å². The highest BCUT2D eigenvalue weighted by Gasteiger charge is 2.35. The smallest absolute Gasteiger partial charge is 0.321 e. The SMILES string of the molecule is CC/C(=C\C(=C/COc1ccc(F)cc1)Oc1ccc(C(=O)NOC2CCCCO2)cc1)NC(=O)N1CCC(O)(CC(CC)CC)CC1. The molecule has 2 aromatic carbocycles. The van der Waals surface area contributed by atoms with Gasteiger partial charge in [0.15, 0.2) is 6.29 Å². The molecule has 0 aromatic heterocycles. The lowest BCUT2D eigenvalue weighted by Crippen LogP contribution is -2.50. The number of nitrogens with zero attached hydrogens (tertiary/aromatic N) is 1. The van der Waals surface area contributed by atoms with Gasteiger partial charge in [-0.3, -0.25) is 4.79 Å². The van der Waals surface area contributed by atoms with Crippen molar-refractivity contribution in [2.75, 3.05) is 26.3 Å². The monoisotopic (exact) mass is 667 g/mol. The van der Waals surface area contributed by atoms with Gasteiger partial charge in [0, 0.05) is 37.4 Å². The minimum absolute atomic E-state index is 0.116. The molecular formula is C37H50FN3O7. The lowest BCUT2D eigenvalue weighted by molar-refractivity contribution is -0.186. The van der Waals surface area contributed by atoms with Gasteiger partial charge in [0.2, 0.25) is 0 Å². The first kappa shape index (κ1) is 36.9. The number of carbonyl (C=O) groups excluding carboxylic acids is 2. The van der Waals surface area contributed by atoms with E-state index in [0.717, 1.165) is 38.5 Å². The Morgan fingerprint density at radius 1 is 1.04 bits per heavy atom. The number of benzene rings is 2. The van der Waals surface area contributed by atoms with E-state index in [9.17, 15) is 19.1 Å². The molecule has 2 heterocycles. The molecule has 1 unspecified atom stereocenters. The van der Waals surface area contributed by atoms with Gasteiger partial charge < -0.3 is 29.5 Å². The van der Waals surface area contributed by atoms with Crippen molar-refractivity contribution in [3.05, 3.63) is 83.5 Å². The van der Waals surface area contributed by atoms with Crippen LogP contribution in [0.1, 0.15) is 88.9 Å². The van der Waals surface area contributed by atoms with E-state index < -0.39 is 17.8 Å². The number of rotatable bonds is 15. The maximum atomic E-state index is 13.3. The minimum atomic E-state index is -0.738. The minimum Gasteiger partial charge on any atom is -0.489 e. The van der Waals surface area contributed by atoms with Gasteiger partial charge in [0.1, 0.15) is 29.7 Å². The zero-order valence-corrected chi connectivity index (χ0v) is 28.3. The van der Waals surface area contributed by atoms with Crippen molar-refractivity contribution in [2.45, 2.75) is 90.4 Å². The van der Waals surface area contributed by atoms with Crippen LogP contribution in [-0.2, 0) is 9.57 Å². The molecule has 0 saturated carbocycles. The number of hydrogen-bond acceptors (Lipinski definition) is 7. The van der Waals surface area contributed by atoms with Crippen molar-refractivity contribution in [2.24, 2.45) is 5.92 Å². The molecule has 1 atom stereocenters. The molecule has 2 aliphatic heterocycles. The molecule has 2 saturated heterocycles. The fourth-order valence-electron chi connectivity index (χ4n) is 5.73. The maximum Gasteiger partial charge on any atom is 0.321 e. The number of likely N-dealkylation sites (tertiary alicyclic amines) is 1. The van der Waals surface area contributed by atoms with Crippen LogP contribution in [0.5, 0.6) is 11.5 Å². The number of amides is 3. The molecule has 3 amide bonds. The summed E-state index contributed by atoms with van der Waals surface area (Å²) in [4.78, 5) is 33.0. The quantitative estimate of drug-likeness (QED) is 0.106. The summed E-state index contributed by atoms with van der Waals surface area (Å²) in [6, 6.07) is 12.0. The number of nitrogens with one attached hydrogen (secondary N) is 2. The van der Waals surface area contributed by atoms with Gasteiger partial charge in [0.25, 0.3) is 5.91 Å². The molecule has 4 rings (SSSR count). The predicted molar refractivity (Wildman–Crippen MR) is 181 cm³/mol. The average molecular weight is 668 g/mol. The Morgan fingerprint density at radius 3 is 2.35 bits per heavy atom. The number of hydrogen-bond donors (Lipinski definition) is 3. The van der Waals surface area contributed by atoms with Crippen molar-refractivity contribution in [1.82, 2.24) is 15.7 Å². The summed E-state index contributed by atoms with van der Waals surface area (Å²) in [5.74, 6) is 1.08. The fraction of sp³-hybridized carbons (Fsp3) is 0.514. The molecule has 11 heteroatoms. The highest BCUT2D eigenvalue weighted by atomic mass is 19.1. The van der Waals surface area contributed by atoms with Crippen LogP contribution in [0.15, 0.2) is 72.1 Å². The van der Waals surface area contributed by atoms with Crippen LogP contribution in [0.4, 0.5) is 9.18 Å². The van der Waals surface area contributed by atoms with Gasteiger partial charge in [-0.1, -0.05) is 33.6 Å². The standard InChI is InChI=1S/C37H50FN3O7/c1-4-27(5-2)26-37(44)19-21-41(22-20-37)36(43)39-30(6-3)25-33(18-24-45-31-16-12-29(38)13-17-31)47-32-14-10-28(11-15-32)35(42)40-48-34-9-7-8-23-46-34/h10-18,25,27,34,44H,4-9,19-24,26H2,1-3H3,(H,39,43)(H,40,42)/b30-25+,33-18+. The number of piperidine rings is 1. The van der Waals surface area contributed by atoms with E-state index in [2.05, 4.69) is 24.6 Å². The van der Waals surface area contributed by atoms with E-state index in [4.69, 9.17) is 19.0 Å². The topological polar surface area (TPSA) is 119 Å². The second-order valence-corrected chi connectivity index (χ2v) is 12.4. The van der Waals surface area contributed by atoms with Crippen molar-refractivity contribution in [3.8, 4) is 11.5 Å². The molecule has 0 aliphatic carbocycles. The summed E-state index contributed by atoms with van der Waals surface area (Å²) in [6.07, 6.45) is 10.1.